The zero-order valence-corrected chi connectivity index (χ0v) is 24.1. The summed E-state index contributed by atoms with van der Waals surface area (Å²) in [5, 5.41) is 0. The van der Waals surface area contributed by atoms with Crippen molar-refractivity contribution in [2.24, 2.45) is 0 Å². The first-order valence-corrected chi connectivity index (χ1v) is 14.1. The lowest BCUT2D eigenvalue weighted by Gasteiger charge is -2.25. The third-order valence-corrected chi connectivity index (χ3v) is 7.48. The summed E-state index contributed by atoms with van der Waals surface area (Å²) >= 11 is 10.3. The number of thiocarbonyl (C=S) groups is 1. The Morgan fingerprint density at radius 2 is 1.71 bits per heavy atom. The smallest absolute Gasteiger partial charge is 0.333 e. The van der Waals surface area contributed by atoms with Crippen molar-refractivity contribution in [3.05, 3.63) is 98.9 Å². The number of rotatable bonds is 10. The first-order valence-electron chi connectivity index (χ1n) is 12.0. The van der Waals surface area contributed by atoms with Gasteiger partial charge in [0.25, 0.3) is 5.91 Å². The first kappa shape index (κ1) is 27.9. The van der Waals surface area contributed by atoms with Crippen molar-refractivity contribution in [3.8, 4) is 11.5 Å². The van der Waals surface area contributed by atoms with Gasteiger partial charge in [-0.15, -0.1) is 0 Å². The molecule has 0 saturated carbocycles. The number of ether oxygens (including phenoxy) is 3. The number of hydrogen-bond donors (Lipinski definition) is 0. The second kappa shape index (κ2) is 13.1. The van der Waals surface area contributed by atoms with E-state index in [2.05, 4.69) is 15.9 Å². The molecular weight excluding hydrogens is 586 g/mol. The van der Waals surface area contributed by atoms with Gasteiger partial charge in [0.05, 0.1) is 22.6 Å². The summed E-state index contributed by atoms with van der Waals surface area (Å²) in [6.45, 7) is 4.64. The summed E-state index contributed by atoms with van der Waals surface area (Å²) in [6, 6.07) is 21.6. The van der Waals surface area contributed by atoms with Crippen molar-refractivity contribution in [2.45, 2.75) is 26.5 Å². The fraction of sp³-hybridized carbons (Fsp3) is 0.207. The highest BCUT2D eigenvalue weighted by Crippen LogP contribution is 2.41. The van der Waals surface area contributed by atoms with Crippen LogP contribution in [-0.4, -0.2) is 34.3 Å². The van der Waals surface area contributed by atoms with Crippen LogP contribution < -0.4 is 9.47 Å². The van der Waals surface area contributed by atoms with E-state index in [1.807, 2.05) is 67.6 Å². The lowest BCUT2D eigenvalue weighted by molar-refractivity contribution is -0.151. The SMILES string of the molecule is CCOC(=O)C(c1ccccc1)N1C(=O)/C(=C/c2cc(Br)c(OCc3ccccc3)c(OCC)c2)SC1=S. The van der Waals surface area contributed by atoms with Gasteiger partial charge < -0.3 is 14.2 Å². The standard InChI is InChI=1S/C29H26BrNO5S2/c1-3-34-23-16-20(15-22(30)26(23)36-18-19-11-7-5-8-12-19)17-24-27(32)31(29(37)38-24)25(28(33)35-4-2)21-13-9-6-10-14-21/h5-17,25H,3-4,18H2,1-2H3/b24-17-. The van der Waals surface area contributed by atoms with Crippen LogP contribution in [0, 0.1) is 0 Å². The largest absolute Gasteiger partial charge is 0.490 e. The molecule has 0 radical (unpaired) electrons. The number of thioether (sulfide) groups is 1. The average Bonchev–Trinajstić information content (AvgIpc) is 3.18. The van der Waals surface area contributed by atoms with E-state index in [4.69, 9.17) is 26.4 Å². The molecule has 38 heavy (non-hydrogen) atoms. The first-order chi connectivity index (χ1) is 18.4. The molecule has 1 saturated heterocycles. The Labute approximate surface area is 240 Å². The molecule has 0 aromatic heterocycles. The Balaban J connectivity index is 1.63. The molecule has 1 fully saturated rings. The molecule has 1 unspecified atom stereocenters. The minimum absolute atomic E-state index is 0.194. The number of benzene rings is 3. The molecular formula is C29H26BrNO5S2. The third kappa shape index (κ3) is 6.46. The lowest BCUT2D eigenvalue weighted by Crippen LogP contribution is -2.38. The second-order valence-corrected chi connectivity index (χ2v) is 10.7. The van der Waals surface area contributed by atoms with Gasteiger partial charge in [-0.3, -0.25) is 9.69 Å². The molecule has 1 amide bonds. The molecule has 0 spiro atoms. The minimum atomic E-state index is -0.964. The zero-order valence-electron chi connectivity index (χ0n) is 20.9. The van der Waals surface area contributed by atoms with Gasteiger partial charge in [-0.1, -0.05) is 84.6 Å². The Kier molecular flexibility index (Phi) is 9.60. The highest BCUT2D eigenvalue weighted by atomic mass is 79.9. The molecule has 6 nitrogen and oxygen atoms in total. The zero-order chi connectivity index (χ0) is 27.1. The van der Waals surface area contributed by atoms with Gasteiger partial charge in [0.1, 0.15) is 10.9 Å². The third-order valence-electron chi connectivity index (χ3n) is 5.56. The van der Waals surface area contributed by atoms with Crippen molar-refractivity contribution in [2.75, 3.05) is 13.2 Å². The van der Waals surface area contributed by atoms with E-state index >= 15 is 0 Å². The van der Waals surface area contributed by atoms with E-state index in [0.717, 1.165) is 22.9 Å². The molecule has 1 aliphatic rings. The van der Waals surface area contributed by atoms with Crippen molar-refractivity contribution in [1.82, 2.24) is 4.90 Å². The van der Waals surface area contributed by atoms with Crippen LogP contribution in [0.25, 0.3) is 6.08 Å². The van der Waals surface area contributed by atoms with Crippen molar-refractivity contribution in [3.63, 3.8) is 0 Å². The van der Waals surface area contributed by atoms with Gasteiger partial charge in [-0.25, -0.2) is 4.79 Å². The maximum atomic E-state index is 13.5. The van der Waals surface area contributed by atoms with Crippen LogP contribution in [0.4, 0.5) is 0 Å². The molecule has 0 N–H and O–H groups in total. The molecule has 9 heteroatoms. The fourth-order valence-electron chi connectivity index (χ4n) is 3.90. The highest BCUT2D eigenvalue weighted by molar-refractivity contribution is 9.10. The average molecular weight is 613 g/mol. The number of hydrogen-bond acceptors (Lipinski definition) is 7. The number of amides is 1. The van der Waals surface area contributed by atoms with Crippen LogP contribution in [-0.2, 0) is 20.9 Å². The summed E-state index contributed by atoms with van der Waals surface area (Å²) < 4.78 is 18.2. The molecule has 3 aromatic rings. The number of carbonyl (C=O) groups is 2. The number of nitrogens with zero attached hydrogens (tertiary/aromatic N) is 1. The van der Waals surface area contributed by atoms with Gasteiger partial charge in [0.15, 0.2) is 17.5 Å². The number of carbonyl (C=O) groups excluding carboxylic acids is 2. The molecule has 196 valence electrons. The topological polar surface area (TPSA) is 65.1 Å². The Hall–Kier alpha value is -3.14. The highest BCUT2D eigenvalue weighted by Gasteiger charge is 2.42. The summed E-state index contributed by atoms with van der Waals surface area (Å²) in [7, 11) is 0. The quantitative estimate of drug-likeness (QED) is 0.140. The molecule has 4 rings (SSSR count). The van der Waals surface area contributed by atoms with E-state index < -0.39 is 12.0 Å². The maximum Gasteiger partial charge on any atom is 0.333 e. The molecule has 1 aliphatic heterocycles. The van der Waals surface area contributed by atoms with Gasteiger partial charge >= 0.3 is 5.97 Å². The summed E-state index contributed by atoms with van der Waals surface area (Å²) in [6.07, 6.45) is 1.74. The minimum Gasteiger partial charge on any atom is -0.490 e. The molecule has 0 aliphatic carbocycles. The van der Waals surface area contributed by atoms with Crippen LogP contribution >= 0.6 is 39.9 Å². The van der Waals surface area contributed by atoms with Crippen LogP contribution in [0.1, 0.15) is 36.6 Å². The van der Waals surface area contributed by atoms with E-state index in [9.17, 15) is 9.59 Å². The predicted molar refractivity (Wildman–Crippen MR) is 157 cm³/mol. The van der Waals surface area contributed by atoms with Gasteiger partial charge in [-0.2, -0.15) is 0 Å². The van der Waals surface area contributed by atoms with Crippen molar-refractivity contribution >= 4 is 62.2 Å². The maximum absolute atomic E-state index is 13.5. The fourth-order valence-corrected chi connectivity index (χ4v) is 5.79. The molecule has 1 heterocycles. The van der Waals surface area contributed by atoms with Crippen LogP contribution in [0.3, 0.4) is 0 Å². The van der Waals surface area contributed by atoms with E-state index in [1.165, 1.54) is 4.90 Å². The molecule has 3 aromatic carbocycles. The lowest BCUT2D eigenvalue weighted by atomic mass is 10.1. The van der Waals surface area contributed by atoms with Gasteiger partial charge in [0, 0.05) is 0 Å². The van der Waals surface area contributed by atoms with Crippen molar-refractivity contribution in [1.29, 1.82) is 0 Å². The predicted octanol–water partition coefficient (Wildman–Crippen LogP) is 6.93. The van der Waals surface area contributed by atoms with Crippen LogP contribution in [0.2, 0.25) is 0 Å². The summed E-state index contributed by atoms with van der Waals surface area (Å²) in [4.78, 5) is 28.2. The Morgan fingerprint density at radius 1 is 1.03 bits per heavy atom. The van der Waals surface area contributed by atoms with Crippen LogP contribution in [0.5, 0.6) is 11.5 Å². The van der Waals surface area contributed by atoms with Gasteiger partial charge in [0.2, 0.25) is 0 Å². The number of halogens is 1. The Morgan fingerprint density at radius 3 is 2.37 bits per heavy atom. The van der Waals surface area contributed by atoms with E-state index in [1.54, 1.807) is 25.1 Å². The second-order valence-electron chi connectivity index (χ2n) is 8.15. The Bertz CT molecular complexity index is 1350. The molecule has 0 bridgehead atoms. The monoisotopic (exact) mass is 611 g/mol. The van der Waals surface area contributed by atoms with E-state index in [-0.39, 0.29) is 16.8 Å². The molecule has 1 atom stereocenters. The van der Waals surface area contributed by atoms with Crippen LogP contribution in [0.15, 0.2) is 82.2 Å². The summed E-state index contributed by atoms with van der Waals surface area (Å²) in [5.74, 6) is 0.234. The van der Waals surface area contributed by atoms with Gasteiger partial charge in [-0.05, 0) is 64.7 Å². The number of esters is 1. The normalized spacial score (nSPS) is 15.0. The van der Waals surface area contributed by atoms with E-state index in [0.29, 0.717) is 39.7 Å². The van der Waals surface area contributed by atoms with Crippen molar-refractivity contribution < 1.29 is 23.8 Å². The summed E-state index contributed by atoms with van der Waals surface area (Å²) in [5.41, 5.74) is 2.38.